The van der Waals surface area contributed by atoms with E-state index in [1.54, 1.807) is 13.8 Å². The van der Waals surface area contributed by atoms with E-state index in [4.69, 9.17) is 28.4 Å². The number of esters is 4. The topological polar surface area (TPSA) is 124 Å². The molecule has 1 rings (SSSR count). The summed E-state index contributed by atoms with van der Waals surface area (Å²) in [5.41, 5.74) is 0. The van der Waals surface area contributed by atoms with Crippen LogP contribution >= 0.6 is 0 Å². The maximum absolute atomic E-state index is 12.2. The first-order valence-electron chi connectivity index (χ1n) is 10.1. The van der Waals surface area contributed by atoms with E-state index >= 15 is 0 Å². The Balaban J connectivity index is 3.09. The van der Waals surface area contributed by atoms with Crippen LogP contribution in [-0.2, 0) is 47.6 Å². The maximum atomic E-state index is 12.2. The minimum atomic E-state index is -1.34. The zero-order valence-electron chi connectivity index (χ0n) is 18.4. The van der Waals surface area contributed by atoms with Gasteiger partial charge in [-0.1, -0.05) is 13.8 Å². The molecule has 0 saturated carbocycles. The van der Waals surface area contributed by atoms with Gasteiger partial charge in [-0.05, 0) is 20.3 Å². The standard InChI is InChI=1S/C20H32O10/c1-7-15-11(4)16(28-12(5)21)17(29-13(6)22)20(30-15)27-10-14(18(23)25-8-2)19(24)26-9-3/h11,14-17,20H,7-10H2,1-6H3/t11-,15-,16+,17-,20?/m1/s1. The van der Waals surface area contributed by atoms with Gasteiger partial charge in [0.25, 0.3) is 0 Å². The third-order valence-corrected chi connectivity index (χ3v) is 4.58. The molecule has 0 aromatic carbocycles. The van der Waals surface area contributed by atoms with Crippen molar-refractivity contribution in [2.24, 2.45) is 11.8 Å². The van der Waals surface area contributed by atoms with E-state index in [9.17, 15) is 19.2 Å². The molecule has 1 unspecified atom stereocenters. The maximum Gasteiger partial charge on any atom is 0.322 e. The van der Waals surface area contributed by atoms with Crippen LogP contribution in [0.1, 0.15) is 48.0 Å². The minimum absolute atomic E-state index is 0.0781. The Kier molecular flexibility index (Phi) is 10.8. The van der Waals surface area contributed by atoms with Crippen molar-refractivity contribution in [3.05, 3.63) is 0 Å². The van der Waals surface area contributed by atoms with Gasteiger partial charge in [-0.15, -0.1) is 0 Å². The molecular formula is C20H32O10. The lowest BCUT2D eigenvalue weighted by Crippen LogP contribution is -2.57. The summed E-state index contributed by atoms with van der Waals surface area (Å²) >= 11 is 0. The van der Waals surface area contributed by atoms with Crippen LogP contribution in [0.3, 0.4) is 0 Å². The van der Waals surface area contributed by atoms with Gasteiger partial charge in [-0.2, -0.15) is 0 Å². The van der Waals surface area contributed by atoms with Gasteiger partial charge in [0, 0.05) is 19.8 Å². The first kappa shape index (κ1) is 25.8. The molecule has 10 nitrogen and oxygen atoms in total. The fraction of sp³-hybridized carbons (Fsp3) is 0.800. The van der Waals surface area contributed by atoms with Crippen molar-refractivity contribution in [2.45, 2.75) is 72.6 Å². The molecular weight excluding hydrogens is 400 g/mol. The monoisotopic (exact) mass is 432 g/mol. The lowest BCUT2D eigenvalue weighted by Gasteiger charge is -2.44. The molecule has 0 N–H and O–H groups in total. The zero-order valence-corrected chi connectivity index (χ0v) is 18.4. The molecule has 0 bridgehead atoms. The second-order valence-electron chi connectivity index (χ2n) is 6.85. The predicted octanol–water partition coefficient (Wildman–Crippen LogP) is 1.38. The molecule has 10 heteroatoms. The molecule has 0 aliphatic carbocycles. The first-order chi connectivity index (χ1) is 14.2. The van der Waals surface area contributed by atoms with Crippen molar-refractivity contribution in [1.82, 2.24) is 0 Å². The summed E-state index contributed by atoms with van der Waals surface area (Å²) in [6, 6.07) is 0. The number of hydrogen-bond donors (Lipinski definition) is 0. The number of hydrogen-bond acceptors (Lipinski definition) is 10. The van der Waals surface area contributed by atoms with E-state index in [1.165, 1.54) is 13.8 Å². The number of carbonyl (C=O) groups excluding carboxylic acids is 4. The van der Waals surface area contributed by atoms with Crippen LogP contribution in [0, 0.1) is 11.8 Å². The molecule has 1 fully saturated rings. The Morgan fingerprint density at radius 1 is 0.867 bits per heavy atom. The van der Waals surface area contributed by atoms with Crippen LogP contribution in [0.4, 0.5) is 0 Å². The van der Waals surface area contributed by atoms with E-state index in [0.29, 0.717) is 6.42 Å². The van der Waals surface area contributed by atoms with Crippen LogP contribution in [0.2, 0.25) is 0 Å². The molecule has 0 spiro atoms. The molecule has 172 valence electrons. The summed E-state index contributed by atoms with van der Waals surface area (Å²) in [4.78, 5) is 47.6. The molecule has 5 atom stereocenters. The number of ether oxygens (including phenoxy) is 6. The zero-order chi connectivity index (χ0) is 22.8. The highest BCUT2D eigenvalue weighted by atomic mass is 16.7. The van der Waals surface area contributed by atoms with Gasteiger partial charge in [0.2, 0.25) is 0 Å². The van der Waals surface area contributed by atoms with Crippen LogP contribution in [-0.4, -0.2) is 68.3 Å². The SMILES string of the molecule is CCOC(=O)C(COC1O[C@H](CC)[C@@H](C)[C@H](OC(C)=O)[C@H]1OC(C)=O)C(=O)OCC. The van der Waals surface area contributed by atoms with Crippen molar-refractivity contribution in [2.75, 3.05) is 19.8 Å². The Labute approximate surface area is 176 Å². The summed E-state index contributed by atoms with van der Waals surface area (Å²) in [5.74, 6) is -4.38. The smallest absolute Gasteiger partial charge is 0.322 e. The highest BCUT2D eigenvalue weighted by Crippen LogP contribution is 2.33. The third-order valence-electron chi connectivity index (χ3n) is 4.58. The van der Waals surface area contributed by atoms with Gasteiger partial charge in [0.15, 0.2) is 18.3 Å². The van der Waals surface area contributed by atoms with Gasteiger partial charge < -0.3 is 28.4 Å². The van der Waals surface area contributed by atoms with Gasteiger partial charge >= 0.3 is 23.9 Å². The molecule has 1 heterocycles. The van der Waals surface area contributed by atoms with E-state index in [2.05, 4.69) is 0 Å². The molecule has 0 aromatic rings. The molecule has 30 heavy (non-hydrogen) atoms. The molecule has 0 radical (unpaired) electrons. The highest BCUT2D eigenvalue weighted by molar-refractivity contribution is 5.95. The van der Waals surface area contributed by atoms with Crippen molar-refractivity contribution < 1.29 is 47.6 Å². The number of rotatable bonds is 10. The largest absolute Gasteiger partial charge is 0.465 e. The Hall–Kier alpha value is -2.20. The number of carbonyl (C=O) groups is 4. The summed E-state index contributed by atoms with van der Waals surface area (Å²) < 4.78 is 32.2. The lowest BCUT2D eigenvalue weighted by molar-refractivity contribution is -0.292. The summed E-state index contributed by atoms with van der Waals surface area (Å²) in [6.07, 6.45) is -2.85. The Bertz CT molecular complexity index is 586. The fourth-order valence-electron chi connectivity index (χ4n) is 3.23. The van der Waals surface area contributed by atoms with Crippen molar-refractivity contribution >= 4 is 23.9 Å². The normalized spacial score (nSPS) is 26.0. The molecule has 1 aliphatic rings. The quantitative estimate of drug-likeness (QED) is 0.284. The van der Waals surface area contributed by atoms with Gasteiger partial charge in [0.1, 0.15) is 6.10 Å². The van der Waals surface area contributed by atoms with Crippen LogP contribution in [0.5, 0.6) is 0 Å². The first-order valence-corrected chi connectivity index (χ1v) is 10.1. The van der Waals surface area contributed by atoms with Gasteiger partial charge in [-0.3, -0.25) is 19.2 Å². The molecule has 1 saturated heterocycles. The second-order valence-corrected chi connectivity index (χ2v) is 6.85. The van der Waals surface area contributed by atoms with Crippen molar-refractivity contribution in [3.63, 3.8) is 0 Å². The van der Waals surface area contributed by atoms with Crippen LogP contribution in [0.15, 0.2) is 0 Å². The van der Waals surface area contributed by atoms with Crippen molar-refractivity contribution in [1.29, 1.82) is 0 Å². The molecule has 1 aliphatic heterocycles. The Morgan fingerprint density at radius 3 is 1.80 bits per heavy atom. The average Bonchev–Trinajstić information content (AvgIpc) is 2.66. The second kappa shape index (κ2) is 12.5. The molecule has 0 amide bonds. The van der Waals surface area contributed by atoms with E-state index in [1.807, 2.05) is 13.8 Å². The van der Waals surface area contributed by atoms with Gasteiger partial charge in [0.05, 0.1) is 25.9 Å². The van der Waals surface area contributed by atoms with Crippen LogP contribution in [0.25, 0.3) is 0 Å². The third kappa shape index (κ3) is 7.24. The van der Waals surface area contributed by atoms with Crippen molar-refractivity contribution in [3.8, 4) is 0 Å². The Morgan fingerprint density at radius 2 is 1.37 bits per heavy atom. The lowest BCUT2D eigenvalue weighted by atomic mass is 9.89. The minimum Gasteiger partial charge on any atom is -0.465 e. The van der Waals surface area contributed by atoms with E-state index in [0.717, 1.165) is 0 Å². The highest BCUT2D eigenvalue weighted by Gasteiger charge is 2.48. The van der Waals surface area contributed by atoms with E-state index in [-0.39, 0.29) is 25.2 Å². The summed E-state index contributed by atoms with van der Waals surface area (Å²) in [6.45, 7) is 9.11. The van der Waals surface area contributed by atoms with Gasteiger partial charge in [-0.25, -0.2) is 0 Å². The van der Waals surface area contributed by atoms with E-state index < -0.39 is 54.9 Å². The average molecular weight is 432 g/mol. The summed E-state index contributed by atoms with van der Waals surface area (Å²) in [7, 11) is 0. The predicted molar refractivity (Wildman–Crippen MR) is 102 cm³/mol. The van der Waals surface area contributed by atoms with Crippen LogP contribution < -0.4 is 0 Å². The fourth-order valence-corrected chi connectivity index (χ4v) is 3.23. The molecule has 0 aromatic heterocycles. The summed E-state index contributed by atoms with van der Waals surface area (Å²) in [5, 5.41) is 0.